The SMILES string of the molecule is CSCCC(NC(=O)c1ccc(Cl)cc1Cl)C(=O)Nc1ccc(-c2nccs2)cc1. The van der Waals surface area contributed by atoms with Gasteiger partial charge in [0.25, 0.3) is 5.91 Å². The number of hydrogen-bond acceptors (Lipinski definition) is 5. The molecule has 3 rings (SSSR count). The standard InChI is InChI=1S/C21H19Cl2N3O2S2/c1-29-10-8-18(26-19(27)16-7-4-14(22)12-17(16)23)20(28)25-15-5-2-13(3-6-15)21-24-9-11-30-21/h2-7,9,11-12,18H,8,10H2,1H3,(H,25,28)(H,26,27). The summed E-state index contributed by atoms with van der Waals surface area (Å²) in [6.07, 6.45) is 4.19. The number of aromatic nitrogens is 1. The number of nitrogens with one attached hydrogen (secondary N) is 2. The molecule has 0 spiro atoms. The van der Waals surface area contributed by atoms with Gasteiger partial charge in [-0.15, -0.1) is 11.3 Å². The number of halogens is 2. The maximum Gasteiger partial charge on any atom is 0.253 e. The highest BCUT2D eigenvalue weighted by Crippen LogP contribution is 2.24. The Morgan fingerprint density at radius 1 is 1.17 bits per heavy atom. The normalized spacial score (nSPS) is 11.7. The smallest absolute Gasteiger partial charge is 0.253 e. The zero-order valence-corrected chi connectivity index (χ0v) is 19.2. The van der Waals surface area contributed by atoms with Crippen molar-refractivity contribution in [1.82, 2.24) is 10.3 Å². The van der Waals surface area contributed by atoms with E-state index in [2.05, 4.69) is 15.6 Å². The summed E-state index contributed by atoms with van der Waals surface area (Å²) < 4.78 is 0. The molecule has 2 aromatic carbocycles. The number of benzene rings is 2. The molecule has 0 radical (unpaired) electrons. The molecule has 0 bridgehead atoms. The third-order valence-electron chi connectivity index (χ3n) is 4.24. The van der Waals surface area contributed by atoms with Crippen LogP contribution in [0.25, 0.3) is 10.6 Å². The lowest BCUT2D eigenvalue weighted by molar-refractivity contribution is -0.118. The molecular weight excluding hydrogens is 461 g/mol. The van der Waals surface area contributed by atoms with E-state index in [1.165, 1.54) is 6.07 Å². The van der Waals surface area contributed by atoms with E-state index < -0.39 is 11.9 Å². The lowest BCUT2D eigenvalue weighted by Gasteiger charge is -2.19. The maximum atomic E-state index is 12.8. The van der Waals surface area contributed by atoms with E-state index in [1.54, 1.807) is 41.4 Å². The topological polar surface area (TPSA) is 71.1 Å². The van der Waals surface area contributed by atoms with Crippen LogP contribution in [0.4, 0.5) is 5.69 Å². The van der Waals surface area contributed by atoms with Crippen molar-refractivity contribution < 1.29 is 9.59 Å². The van der Waals surface area contributed by atoms with Crippen molar-refractivity contribution in [3.05, 3.63) is 69.7 Å². The van der Waals surface area contributed by atoms with E-state index in [4.69, 9.17) is 23.2 Å². The van der Waals surface area contributed by atoms with E-state index >= 15 is 0 Å². The monoisotopic (exact) mass is 479 g/mol. The number of nitrogens with zero attached hydrogens (tertiary/aromatic N) is 1. The molecule has 2 N–H and O–H groups in total. The molecule has 156 valence electrons. The van der Waals surface area contributed by atoms with Gasteiger partial charge < -0.3 is 10.6 Å². The summed E-state index contributed by atoms with van der Waals surface area (Å²) in [7, 11) is 0. The predicted octanol–water partition coefficient (Wildman–Crippen LogP) is 5.61. The van der Waals surface area contributed by atoms with Crippen LogP contribution < -0.4 is 10.6 Å². The second-order valence-electron chi connectivity index (χ2n) is 6.34. The molecule has 0 saturated carbocycles. The van der Waals surface area contributed by atoms with Crippen LogP contribution in [-0.4, -0.2) is 34.8 Å². The zero-order valence-electron chi connectivity index (χ0n) is 16.0. The zero-order chi connectivity index (χ0) is 21.5. The van der Waals surface area contributed by atoms with Crippen LogP contribution >= 0.6 is 46.3 Å². The van der Waals surface area contributed by atoms with Crippen LogP contribution in [0.2, 0.25) is 10.0 Å². The lowest BCUT2D eigenvalue weighted by atomic mass is 10.1. The summed E-state index contributed by atoms with van der Waals surface area (Å²) in [6, 6.07) is 11.4. The van der Waals surface area contributed by atoms with Crippen molar-refractivity contribution >= 4 is 63.8 Å². The first-order valence-corrected chi connectivity index (χ1v) is 12.1. The Kier molecular flexibility index (Phi) is 8.16. The Morgan fingerprint density at radius 3 is 2.57 bits per heavy atom. The average Bonchev–Trinajstić information content (AvgIpc) is 3.26. The van der Waals surface area contributed by atoms with Crippen LogP contribution in [0.5, 0.6) is 0 Å². The fourth-order valence-corrected chi connectivity index (χ4v) is 4.32. The molecule has 0 aliphatic carbocycles. The summed E-state index contributed by atoms with van der Waals surface area (Å²) in [5.74, 6) is 0.0110. The largest absolute Gasteiger partial charge is 0.340 e. The Bertz CT molecular complexity index is 1010. The molecule has 0 fully saturated rings. The number of carbonyl (C=O) groups excluding carboxylic acids is 2. The van der Waals surface area contributed by atoms with Gasteiger partial charge in [0.1, 0.15) is 11.0 Å². The molecule has 0 saturated heterocycles. The Labute approximate surface area is 193 Å². The third kappa shape index (κ3) is 5.98. The number of hydrogen-bond donors (Lipinski definition) is 2. The van der Waals surface area contributed by atoms with Crippen molar-refractivity contribution in [1.29, 1.82) is 0 Å². The van der Waals surface area contributed by atoms with Gasteiger partial charge in [0.05, 0.1) is 10.6 Å². The summed E-state index contributed by atoms with van der Waals surface area (Å²) >= 11 is 15.2. The molecule has 3 aromatic rings. The minimum Gasteiger partial charge on any atom is -0.340 e. The van der Waals surface area contributed by atoms with Gasteiger partial charge in [-0.2, -0.15) is 11.8 Å². The number of thioether (sulfide) groups is 1. The number of carbonyl (C=O) groups is 2. The van der Waals surface area contributed by atoms with Gasteiger partial charge in [-0.25, -0.2) is 4.98 Å². The molecule has 5 nitrogen and oxygen atoms in total. The van der Waals surface area contributed by atoms with Gasteiger partial charge >= 0.3 is 0 Å². The highest BCUT2D eigenvalue weighted by atomic mass is 35.5. The molecule has 2 amide bonds. The number of thiazole rings is 1. The summed E-state index contributed by atoms with van der Waals surface area (Å²) in [4.78, 5) is 29.8. The number of rotatable bonds is 8. The fraction of sp³-hybridized carbons (Fsp3) is 0.190. The lowest BCUT2D eigenvalue weighted by Crippen LogP contribution is -2.44. The molecule has 1 aromatic heterocycles. The van der Waals surface area contributed by atoms with Crippen molar-refractivity contribution in [2.45, 2.75) is 12.5 Å². The van der Waals surface area contributed by atoms with E-state index in [0.717, 1.165) is 16.3 Å². The van der Waals surface area contributed by atoms with Gasteiger partial charge in [-0.3, -0.25) is 9.59 Å². The van der Waals surface area contributed by atoms with Gasteiger partial charge in [0, 0.05) is 27.9 Å². The molecule has 1 atom stereocenters. The highest BCUT2D eigenvalue weighted by Gasteiger charge is 2.22. The molecule has 0 aliphatic heterocycles. The molecular formula is C21H19Cl2N3O2S2. The maximum absolute atomic E-state index is 12.8. The van der Waals surface area contributed by atoms with Crippen molar-refractivity contribution in [3.63, 3.8) is 0 Å². The van der Waals surface area contributed by atoms with E-state index in [9.17, 15) is 9.59 Å². The van der Waals surface area contributed by atoms with Crippen LogP contribution in [0.15, 0.2) is 54.0 Å². The van der Waals surface area contributed by atoms with E-state index in [1.807, 2.05) is 35.9 Å². The van der Waals surface area contributed by atoms with Gasteiger partial charge in [0.2, 0.25) is 5.91 Å². The highest BCUT2D eigenvalue weighted by molar-refractivity contribution is 7.98. The van der Waals surface area contributed by atoms with Crippen LogP contribution in [0.3, 0.4) is 0 Å². The third-order valence-corrected chi connectivity index (χ3v) is 6.25. The average molecular weight is 480 g/mol. The summed E-state index contributed by atoms with van der Waals surface area (Å²) in [5, 5.41) is 9.16. The predicted molar refractivity (Wildman–Crippen MR) is 127 cm³/mol. The Balaban J connectivity index is 1.69. The van der Waals surface area contributed by atoms with Crippen LogP contribution in [-0.2, 0) is 4.79 Å². The van der Waals surface area contributed by atoms with Gasteiger partial charge in [-0.1, -0.05) is 23.2 Å². The second-order valence-corrected chi connectivity index (χ2v) is 9.06. The molecule has 1 heterocycles. The van der Waals surface area contributed by atoms with Crippen molar-refractivity contribution in [2.75, 3.05) is 17.3 Å². The first-order chi connectivity index (χ1) is 14.5. The minimum absolute atomic E-state index is 0.238. The molecule has 1 unspecified atom stereocenters. The van der Waals surface area contributed by atoms with E-state index in [0.29, 0.717) is 17.1 Å². The quantitative estimate of drug-likeness (QED) is 0.440. The van der Waals surface area contributed by atoms with Crippen LogP contribution in [0.1, 0.15) is 16.8 Å². The molecule has 9 heteroatoms. The molecule has 0 aliphatic rings. The first-order valence-electron chi connectivity index (χ1n) is 9.03. The minimum atomic E-state index is -0.699. The van der Waals surface area contributed by atoms with E-state index in [-0.39, 0.29) is 16.5 Å². The van der Waals surface area contributed by atoms with Gasteiger partial charge in [0.15, 0.2) is 0 Å². The summed E-state index contributed by atoms with van der Waals surface area (Å²) in [6.45, 7) is 0. The Hall–Kier alpha value is -2.06. The van der Waals surface area contributed by atoms with Crippen molar-refractivity contribution in [3.8, 4) is 10.6 Å². The first kappa shape index (κ1) is 22.6. The molecule has 30 heavy (non-hydrogen) atoms. The number of amides is 2. The summed E-state index contributed by atoms with van der Waals surface area (Å²) in [5.41, 5.74) is 1.90. The van der Waals surface area contributed by atoms with Crippen molar-refractivity contribution in [2.24, 2.45) is 0 Å². The van der Waals surface area contributed by atoms with Gasteiger partial charge in [-0.05, 0) is 60.9 Å². The van der Waals surface area contributed by atoms with Crippen LogP contribution in [0, 0.1) is 0 Å². The number of anilines is 1. The Morgan fingerprint density at radius 2 is 1.93 bits per heavy atom. The fourth-order valence-electron chi connectivity index (χ4n) is 2.71. The second kappa shape index (κ2) is 10.8.